The molecule has 27 heavy (non-hydrogen) atoms. The molecule has 0 saturated carbocycles. The van der Waals surface area contributed by atoms with Crippen LogP contribution in [0.5, 0.6) is 5.88 Å². The van der Waals surface area contributed by atoms with Crippen LogP contribution in [0.15, 0.2) is 73.1 Å². The van der Waals surface area contributed by atoms with E-state index in [1.807, 2.05) is 55.5 Å². The highest BCUT2D eigenvalue weighted by atomic mass is 16.5. The van der Waals surface area contributed by atoms with Gasteiger partial charge in [-0.05, 0) is 24.6 Å². The van der Waals surface area contributed by atoms with Gasteiger partial charge in [-0.1, -0.05) is 42.5 Å². The lowest BCUT2D eigenvalue weighted by molar-refractivity contribution is 0.102. The fraction of sp³-hybridized carbons (Fsp3) is 0.0952. The zero-order valence-corrected chi connectivity index (χ0v) is 14.7. The summed E-state index contributed by atoms with van der Waals surface area (Å²) in [6.07, 6.45) is 3.10. The maximum absolute atomic E-state index is 12.5. The molecule has 6 heteroatoms. The van der Waals surface area contributed by atoms with Gasteiger partial charge in [0.05, 0.1) is 23.0 Å². The molecule has 4 aromatic rings. The third-order valence-electron chi connectivity index (χ3n) is 4.29. The van der Waals surface area contributed by atoms with Crippen LogP contribution in [0.2, 0.25) is 0 Å². The van der Waals surface area contributed by atoms with E-state index in [0.717, 1.165) is 16.5 Å². The number of carbonyl (C=O) groups excluding carboxylic acids is 1. The number of para-hydroxylation sites is 1. The lowest BCUT2D eigenvalue weighted by Crippen LogP contribution is -2.13. The number of nitrogens with zero attached hydrogens (tertiary/aromatic N) is 2. The number of anilines is 1. The van der Waals surface area contributed by atoms with Gasteiger partial charge < -0.3 is 10.1 Å². The van der Waals surface area contributed by atoms with Crippen molar-refractivity contribution >= 4 is 22.5 Å². The first-order chi connectivity index (χ1) is 13.2. The lowest BCUT2D eigenvalue weighted by Gasteiger charge is -2.14. The molecular formula is C21H18N4O2. The van der Waals surface area contributed by atoms with Gasteiger partial charge in [-0.25, -0.2) is 4.98 Å². The van der Waals surface area contributed by atoms with Gasteiger partial charge in [0.15, 0.2) is 0 Å². The van der Waals surface area contributed by atoms with Crippen LogP contribution in [0.3, 0.4) is 0 Å². The molecule has 2 aromatic heterocycles. The number of aromatic amines is 1. The highest BCUT2D eigenvalue weighted by molar-refractivity contribution is 6.08. The van der Waals surface area contributed by atoms with E-state index >= 15 is 0 Å². The standard InChI is InChI=1S/C21H18N4O2/c1-14(15-6-3-2-4-7-15)27-19-11-10-17(12-22-19)21(26)24-18-9-5-8-16-13-23-25-20(16)18/h2-14H,1H3,(H,23,25)(H,24,26). The molecule has 2 N–H and O–H groups in total. The molecule has 4 rings (SSSR count). The van der Waals surface area contributed by atoms with E-state index < -0.39 is 0 Å². The Labute approximate surface area is 156 Å². The average molecular weight is 358 g/mol. The van der Waals surface area contributed by atoms with Gasteiger partial charge in [-0.3, -0.25) is 9.89 Å². The monoisotopic (exact) mass is 358 g/mol. The number of hydrogen-bond acceptors (Lipinski definition) is 4. The number of benzene rings is 2. The van der Waals surface area contributed by atoms with Crippen LogP contribution in [-0.2, 0) is 0 Å². The molecule has 1 atom stereocenters. The molecule has 1 amide bonds. The summed E-state index contributed by atoms with van der Waals surface area (Å²) in [6.45, 7) is 1.96. The third kappa shape index (κ3) is 3.64. The topological polar surface area (TPSA) is 79.9 Å². The Morgan fingerprint density at radius 2 is 1.89 bits per heavy atom. The van der Waals surface area contributed by atoms with Crippen LogP contribution in [-0.4, -0.2) is 21.1 Å². The van der Waals surface area contributed by atoms with Crippen LogP contribution in [0.4, 0.5) is 5.69 Å². The van der Waals surface area contributed by atoms with E-state index in [9.17, 15) is 4.79 Å². The normalized spacial score (nSPS) is 11.9. The van der Waals surface area contributed by atoms with Crippen molar-refractivity contribution in [2.45, 2.75) is 13.0 Å². The van der Waals surface area contributed by atoms with Crippen LogP contribution in [0, 0.1) is 0 Å². The largest absolute Gasteiger partial charge is 0.470 e. The second-order valence-electron chi connectivity index (χ2n) is 6.15. The summed E-state index contributed by atoms with van der Waals surface area (Å²) in [7, 11) is 0. The molecule has 0 bridgehead atoms. The first-order valence-electron chi connectivity index (χ1n) is 8.62. The van der Waals surface area contributed by atoms with Crippen molar-refractivity contribution in [1.29, 1.82) is 0 Å². The number of amides is 1. The minimum Gasteiger partial charge on any atom is -0.470 e. The highest BCUT2D eigenvalue weighted by Gasteiger charge is 2.12. The number of hydrogen-bond donors (Lipinski definition) is 2. The van der Waals surface area contributed by atoms with E-state index in [4.69, 9.17) is 4.74 Å². The number of ether oxygens (including phenoxy) is 1. The summed E-state index contributed by atoms with van der Waals surface area (Å²) in [6, 6.07) is 18.9. The Morgan fingerprint density at radius 3 is 2.67 bits per heavy atom. The fourth-order valence-electron chi connectivity index (χ4n) is 2.83. The molecule has 0 fully saturated rings. The van der Waals surface area contributed by atoms with E-state index in [0.29, 0.717) is 17.1 Å². The maximum Gasteiger partial charge on any atom is 0.257 e. The van der Waals surface area contributed by atoms with Crippen molar-refractivity contribution in [1.82, 2.24) is 15.2 Å². The van der Waals surface area contributed by atoms with Gasteiger partial charge in [-0.2, -0.15) is 5.10 Å². The number of pyridine rings is 1. The molecular weight excluding hydrogens is 340 g/mol. The van der Waals surface area contributed by atoms with E-state index in [2.05, 4.69) is 20.5 Å². The zero-order chi connectivity index (χ0) is 18.6. The van der Waals surface area contributed by atoms with Crippen molar-refractivity contribution in [3.8, 4) is 5.88 Å². The van der Waals surface area contributed by atoms with Crippen molar-refractivity contribution < 1.29 is 9.53 Å². The second kappa shape index (κ2) is 7.29. The molecule has 2 aromatic carbocycles. The van der Waals surface area contributed by atoms with Crippen molar-refractivity contribution in [2.75, 3.05) is 5.32 Å². The fourth-order valence-corrected chi connectivity index (χ4v) is 2.83. The molecule has 0 spiro atoms. The number of rotatable bonds is 5. The Balaban J connectivity index is 1.45. The van der Waals surface area contributed by atoms with E-state index in [1.54, 1.807) is 18.3 Å². The van der Waals surface area contributed by atoms with Gasteiger partial charge in [0.1, 0.15) is 6.10 Å². The summed E-state index contributed by atoms with van der Waals surface area (Å²) in [5.41, 5.74) is 2.98. The summed E-state index contributed by atoms with van der Waals surface area (Å²) < 4.78 is 5.84. The van der Waals surface area contributed by atoms with E-state index in [-0.39, 0.29) is 12.0 Å². The predicted molar refractivity (Wildman–Crippen MR) is 104 cm³/mol. The van der Waals surface area contributed by atoms with Gasteiger partial charge in [0.2, 0.25) is 5.88 Å². The number of fused-ring (bicyclic) bond motifs is 1. The van der Waals surface area contributed by atoms with Crippen LogP contribution < -0.4 is 10.1 Å². The lowest BCUT2D eigenvalue weighted by atomic mass is 10.1. The highest BCUT2D eigenvalue weighted by Crippen LogP contribution is 2.22. The number of nitrogens with one attached hydrogen (secondary N) is 2. The molecule has 2 heterocycles. The van der Waals surface area contributed by atoms with Crippen LogP contribution in [0.25, 0.3) is 10.9 Å². The summed E-state index contributed by atoms with van der Waals surface area (Å²) in [4.78, 5) is 16.8. The number of carbonyl (C=O) groups is 1. The zero-order valence-electron chi connectivity index (χ0n) is 14.7. The molecule has 134 valence electrons. The molecule has 0 saturated heterocycles. The first kappa shape index (κ1) is 16.8. The molecule has 0 aliphatic rings. The van der Waals surface area contributed by atoms with Crippen molar-refractivity contribution in [2.24, 2.45) is 0 Å². The number of H-pyrrole nitrogens is 1. The Hall–Kier alpha value is -3.67. The van der Waals surface area contributed by atoms with Crippen LogP contribution in [0.1, 0.15) is 28.9 Å². The molecule has 0 aliphatic heterocycles. The van der Waals surface area contributed by atoms with E-state index in [1.165, 1.54) is 6.20 Å². The Bertz CT molecular complexity index is 1060. The maximum atomic E-state index is 12.5. The quantitative estimate of drug-likeness (QED) is 0.556. The van der Waals surface area contributed by atoms with Crippen LogP contribution >= 0.6 is 0 Å². The first-order valence-corrected chi connectivity index (χ1v) is 8.62. The predicted octanol–water partition coefficient (Wildman–Crippen LogP) is 4.35. The van der Waals surface area contributed by atoms with Crippen molar-refractivity contribution in [3.63, 3.8) is 0 Å². The Kier molecular flexibility index (Phi) is 4.53. The summed E-state index contributed by atoms with van der Waals surface area (Å²) >= 11 is 0. The minimum atomic E-state index is -0.243. The van der Waals surface area contributed by atoms with Gasteiger partial charge in [0.25, 0.3) is 5.91 Å². The van der Waals surface area contributed by atoms with Gasteiger partial charge in [-0.15, -0.1) is 0 Å². The molecule has 0 radical (unpaired) electrons. The molecule has 0 aliphatic carbocycles. The molecule has 1 unspecified atom stereocenters. The number of aromatic nitrogens is 3. The average Bonchev–Trinajstić information content (AvgIpc) is 3.19. The minimum absolute atomic E-state index is 0.128. The van der Waals surface area contributed by atoms with Crippen molar-refractivity contribution in [3.05, 3.63) is 84.2 Å². The smallest absolute Gasteiger partial charge is 0.257 e. The van der Waals surface area contributed by atoms with Gasteiger partial charge >= 0.3 is 0 Å². The SMILES string of the molecule is CC(Oc1ccc(C(=O)Nc2cccc3cn[nH]c23)cn1)c1ccccc1. The summed E-state index contributed by atoms with van der Waals surface area (Å²) in [5.74, 6) is 0.228. The Morgan fingerprint density at radius 1 is 1.04 bits per heavy atom. The summed E-state index contributed by atoms with van der Waals surface area (Å²) in [5, 5.41) is 10.7. The van der Waals surface area contributed by atoms with Gasteiger partial charge in [0, 0.05) is 17.6 Å². The third-order valence-corrected chi connectivity index (χ3v) is 4.29. The molecule has 6 nitrogen and oxygen atoms in total. The second-order valence-corrected chi connectivity index (χ2v) is 6.15.